The van der Waals surface area contributed by atoms with Crippen molar-refractivity contribution in [3.8, 4) is 0 Å². The summed E-state index contributed by atoms with van der Waals surface area (Å²) in [7, 11) is 0. The molecule has 0 aromatic carbocycles. The van der Waals surface area contributed by atoms with Gasteiger partial charge in [-0.2, -0.15) is 0 Å². The Morgan fingerprint density at radius 2 is 0.773 bits per heavy atom. The van der Waals surface area contributed by atoms with Gasteiger partial charge < -0.3 is 28.5 Å². The van der Waals surface area contributed by atoms with Gasteiger partial charge in [0.25, 0.3) is 0 Å². The molecule has 0 bridgehead atoms. The number of hydrogen-bond donors (Lipinski definition) is 0. The zero-order chi connectivity index (χ0) is 15.8. The van der Waals surface area contributed by atoms with Gasteiger partial charge in [-0.15, -0.1) is 0 Å². The van der Waals surface area contributed by atoms with E-state index in [4.69, 9.17) is 0 Å². The molecule has 0 saturated heterocycles. The minimum Gasteiger partial charge on any atom is -1.00 e. The minimum absolute atomic E-state index is 0. The van der Waals surface area contributed by atoms with Crippen LogP contribution in [0.4, 0.5) is 0 Å². The topological polar surface area (TPSA) is 0 Å². The summed E-state index contributed by atoms with van der Waals surface area (Å²) in [4.78, 5) is 0. The van der Waals surface area contributed by atoms with Crippen LogP contribution < -0.4 is 24.0 Å². The van der Waals surface area contributed by atoms with E-state index in [0.717, 1.165) is 0 Å². The molecular formula is C20H44IN. The maximum Gasteiger partial charge on any atom is 0.0786 e. The second kappa shape index (κ2) is 18.0. The van der Waals surface area contributed by atoms with Crippen LogP contribution in [0.5, 0.6) is 0 Å². The van der Waals surface area contributed by atoms with Crippen LogP contribution in [-0.4, -0.2) is 30.7 Å². The Hall–Kier alpha value is 0.690. The quantitative estimate of drug-likeness (QED) is 0.202. The molecule has 0 atom stereocenters. The molecule has 0 N–H and O–H groups in total. The van der Waals surface area contributed by atoms with Gasteiger partial charge in [-0.05, 0) is 45.4 Å². The lowest BCUT2D eigenvalue weighted by Crippen LogP contribution is -3.00. The van der Waals surface area contributed by atoms with E-state index in [1.165, 1.54) is 108 Å². The Kier molecular flexibility index (Phi) is 20.4. The highest BCUT2D eigenvalue weighted by molar-refractivity contribution is 4.50. The molecule has 1 nitrogen and oxygen atoms in total. The fourth-order valence-electron chi connectivity index (χ4n) is 3.43. The molecule has 136 valence electrons. The molecule has 0 aromatic rings. The number of nitrogens with zero attached hydrogens (tertiary/aromatic N) is 1. The number of hydrogen-bond acceptors (Lipinski definition) is 0. The first kappa shape index (κ1) is 24.9. The molecule has 0 amide bonds. The summed E-state index contributed by atoms with van der Waals surface area (Å²) in [6.07, 6.45) is 17.0. The van der Waals surface area contributed by atoms with E-state index in [1.54, 1.807) is 0 Å². The monoisotopic (exact) mass is 425 g/mol. The highest BCUT2D eigenvalue weighted by atomic mass is 127. The molecule has 0 unspecified atom stereocenters. The summed E-state index contributed by atoms with van der Waals surface area (Å²) < 4.78 is 1.41. The molecule has 0 aromatic heterocycles. The number of quaternary nitrogens is 1. The average Bonchev–Trinajstić information content (AvgIpc) is 2.51. The molecule has 0 fully saturated rings. The molecule has 0 saturated carbocycles. The van der Waals surface area contributed by atoms with Gasteiger partial charge in [0.15, 0.2) is 0 Å². The maximum absolute atomic E-state index is 2.43. The largest absolute Gasteiger partial charge is 1.00 e. The SMILES string of the molecule is CCCCCC[N+](CC)(CCCCCC)CCCCCC.[I-]. The Balaban J connectivity index is 0. The summed E-state index contributed by atoms with van der Waals surface area (Å²) in [6.45, 7) is 15.0. The Bertz CT molecular complexity index is 175. The summed E-state index contributed by atoms with van der Waals surface area (Å²) in [6, 6.07) is 0. The van der Waals surface area contributed by atoms with Gasteiger partial charge in [-0.3, -0.25) is 0 Å². The van der Waals surface area contributed by atoms with Crippen LogP contribution in [0.2, 0.25) is 0 Å². The second-order valence-electron chi connectivity index (χ2n) is 7.01. The Morgan fingerprint density at radius 3 is 1.00 bits per heavy atom. The molecule has 0 aliphatic rings. The summed E-state index contributed by atoms with van der Waals surface area (Å²) >= 11 is 0. The van der Waals surface area contributed by atoms with Crippen LogP contribution in [0.1, 0.15) is 105 Å². The number of rotatable bonds is 16. The van der Waals surface area contributed by atoms with Crippen LogP contribution in [-0.2, 0) is 0 Å². The standard InChI is InChI=1S/C20H44N.HI/c1-5-9-12-15-18-21(8-4,19-16-13-10-6-2)20-17-14-11-7-3;/h5-20H2,1-4H3;1H/q+1;/p-1. The number of halogens is 1. The van der Waals surface area contributed by atoms with Crippen LogP contribution in [0, 0.1) is 0 Å². The van der Waals surface area contributed by atoms with E-state index in [1.807, 2.05) is 0 Å². The highest BCUT2D eigenvalue weighted by Crippen LogP contribution is 2.17. The zero-order valence-corrected chi connectivity index (χ0v) is 18.3. The zero-order valence-electron chi connectivity index (χ0n) is 16.1. The summed E-state index contributed by atoms with van der Waals surface area (Å²) in [5.74, 6) is 0. The van der Waals surface area contributed by atoms with Crippen molar-refractivity contribution >= 4 is 0 Å². The first-order valence-corrected chi connectivity index (χ1v) is 10.1. The van der Waals surface area contributed by atoms with Gasteiger partial charge in [0, 0.05) is 0 Å². The van der Waals surface area contributed by atoms with E-state index in [0.29, 0.717) is 0 Å². The predicted octanol–water partition coefficient (Wildman–Crippen LogP) is 3.57. The molecule has 0 heterocycles. The fraction of sp³-hybridized carbons (Fsp3) is 1.00. The lowest BCUT2D eigenvalue weighted by Gasteiger charge is -2.38. The van der Waals surface area contributed by atoms with Crippen molar-refractivity contribution in [2.24, 2.45) is 0 Å². The van der Waals surface area contributed by atoms with Crippen molar-refractivity contribution in [2.75, 3.05) is 26.2 Å². The number of unbranched alkanes of at least 4 members (excludes halogenated alkanes) is 9. The van der Waals surface area contributed by atoms with Crippen LogP contribution in [0.25, 0.3) is 0 Å². The van der Waals surface area contributed by atoms with E-state index in [2.05, 4.69) is 27.7 Å². The summed E-state index contributed by atoms with van der Waals surface area (Å²) in [5, 5.41) is 0. The van der Waals surface area contributed by atoms with Gasteiger partial charge in [-0.1, -0.05) is 59.3 Å². The third-order valence-corrected chi connectivity index (χ3v) is 5.13. The van der Waals surface area contributed by atoms with E-state index in [-0.39, 0.29) is 24.0 Å². The molecule has 0 spiro atoms. The lowest BCUT2D eigenvalue weighted by molar-refractivity contribution is -0.927. The maximum atomic E-state index is 2.43. The average molecular weight is 425 g/mol. The second-order valence-corrected chi connectivity index (χ2v) is 7.01. The van der Waals surface area contributed by atoms with Crippen molar-refractivity contribution < 1.29 is 28.5 Å². The summed E-state index contributed by atoms with van der Waals surface area (Å²) in [5.41, 5.74) is 0. The highest BCUT2D eigenvalue weighted by Gasteiger charge is 2.23. The molecule has 0 radical (unpaired) electrons. The van der Waals surface area contributed by atoms with Gasteiger partial charge in [-0.25, -0.2) is 0 Å². The van der Waals surface area contributed by atoms with Gasteiger partial charge >= 0.3 is 0 Å². The van der Waals surface area contributed by atoms with E-state index < -0.39 is 0 Å². The molecule has 0 aliphatic heterocycles. The molecule has 2 heteroatoms. The first-order valence-electron chi connectivity index (χ1n) is 10.1. The minimum atomic E-state index is 0. The van der Waals surface area contributed by atoms with Crippen LogP contribution in [0.15, 0.2) is 0 Å². The van der Waals surface area contributed by atoms with Crippen molar-refractivity contribution in [2.45, 2.75) is 105 Å². The predicted molar refractivity (Wildman–Crippen MR) is 97.8 cm³/mol. The Morgan fingerprint density at radius 1 is 0.455 bits per heavy atom. The first-order chi connectivity index (χ1) is 10.2. The Labute approximate surface area is 159 Å². The van der Waals surface area contributed by atoms with E-state index >= 15 is 0 Å². The van der Waals surface area contributed by atoms with Crippen molar-refractivity contribution in [1.82, 2.24) is 0 Å². The molecule has 22 heavy (non-hydrogen) atoms. The van der Waals surface area contributed by atoms with E-state index in [9.17, 15) is 0 Å². The van der Waals surface area contributed by atoms with Crippen molar-refractivity contribution in [3.05, 3.63) is 0 Å². The van der Waals surface area contributed by atoms with Gasteiger partial charge in [0.1, 0.15) is 0 Å². The van der Waals surface area contributed by atoms with Gasteiger partial charge in [0.2, 0.25) is 0 Å². The van der Waals surface area contributed by atoms with Gasteiger partial charge in [0.05, 0.1) is 26.2 Å². The van der Waals surface area contributed by atoms with Crippen LogP contribution in [0.3, 0.4) is 0 Å². The third-order valence-electron chi connectivity index (χ3n) is 5.13. The fourth-order valence-corrected chi connectivity index (χ4v) is 3.43. The normalized spacial score (nSPS) is 11.5. The van der Waals surface area contributed by atoms with Crippen molar-refractivity contribution in [1.29, 1.82) is 0 Å². The molecule has 0 aliphatic carbocycles. The third kappa shape index (κ3) is 13.2. The molecular weight excluding hydrogens is 381 g/mol. The molecule has 0 rings (SSSR count). The lowest BCUT2D eigenvalue weighted by atomic mass is 10.1. The van der Waals surface area contributed by atoms with Crippen LogP contribution >= 0.6 is 0 Å². The van der Waals surface area contributed by atoms with Crippen molar-refractivity contribution in [3.63, 3.8) is 0 Å². The smallest absolute Gasteiger partial charge is 0.0786 e.